The molecule has 1 fully saturated rings. The van der Waals surface area contributed by atoms with Crippen molar-refractivity contribution in [3.8, 4) is 0 Å². The van der Waals surface area contributed by atoms with Crippen LogP contribution in [0.4, 0.5) is 5.69 Å². The molecule has 3 nitrogen and oxygen atoms in total. The van der Waals surface area contributed by atoms with Crippen LogP contribution in [0.15, 0.2) is 29.3 Å². The van der Waals surface area contributed by atoms with Crippen LogP contribution in [0.3, 0.4) is 0 Å². The van der Waals surface area contributed by atoms with Gasteiger partial charge in [0.25, 0.3) is 0 Å². The van der Waals surface area contributed by atoms with Gasteiger partial charge in [0.05, 0.1) is 12.1 Å². The molecule has 1 aliphatic heterocycles. The Bertz CT molecular complexity index is 522. The number of rotatable bonds is 2. The maximum Gasteiger partial charge on any atom is 0.196 e. The summed E-state index contributed by atoms with van der Waals surface area (Å²) in [4.78, 5) is 6.73. The summed E-state index contributed by atoms with van der Waals surface area (Å²) in [6.07, 6.45) is 6.56. The lowest BCUT2D eigenvalue weighted by atomic mass is 9.75. The molecule has 1 heterocycles. The molecule has 2 aliphatic rings. The molecule has 0 amide bonds. The third kappa shape index (κ3) is 2.28. The minimum absolute atomic E-state index is 0.00478. The topological polar surface area (TPSA) is 41.6 Å². The number of hydrogen-bond donors (Lipinski definition) is 1. The molecule has 1 aromatic rings. The van der Waals surface area contributed by atoms with Gasteiger partial charge in [-0.1, -0.05) is 36.9 Å². The van der Waals surface area contributed by atoms with Crippen LogP contribution in [0.2, 0.25) is 5.02 Å². The third-order valence-electron chi connectivity index (χ3n) is 4.85. The van der Waals surface area contributed by atoms with Gasteiger partial charge in [0.15, 0.2) is 5.96 Å². The van der Waals surface area contributed by atoms with Crippen molar-refractivity contribution < 1.29 is 0 Å². The summed E-state index contributed by atoms with van der Waals surface area (Å²) < 4.78 is 0. The maximum atomic E-state index is 6.18. The number of benzene rings is 1. The zero-order valence-electron chi connectivity index (χ0n) is 12.0. The lowest BCUT2D eigenvalue weighted by Crippen LogP contribution is -2.55. The highest BCUT2D eigenvalue weighted by molar-refractivity contribution is 6.31. The molecule has 1 atom stereocenters. The Kier molecular flexibility index (Phi) is 3.63. The van der Waals surface area contributed by atoms with Gasteiger partial charge in [0.1, 0.15) is 0 Å². The van der Waals surface area contributed by atoms with E-state index in [0.29, 0.717) is 11.9 Å². The van der Waals surface area contributed by atoms with Gasteiger partial charge in [0.2, 0.25) is 0 Å². The van der Waals surface area contributed by atoms with Crippen LogP contribution in [0, 0.1) is 5.92 Å². The van der Waals surface area contributed by atoms with Gasteiger partial charge in [-0.05, 0) is 43.9 Å². The standard InChI is InChI=1S/C16H22ClN3/c1-16(12-6-3-2-4-7-12)11-19-15(18)20(16)14-9-5-8-13(17)10-14/h5,8-10,12H,2-4,6-7,11H2,1H3,(H2,18,19). The third-order valence-corrected chi connectivity index (χ3v) is 5.09. The smallest absolute Gasteiger partial charge is 0.196 e. The van der Waals surface area contributed by atoms with E-state index >= 15 is 0 Å². The fourth-order valence-corrected chi connectivity index (χ4v) is 3.91. The van der Waals surface area contributed by atoms with E-state index < -0.39 is 0 Å². The molecule has 20 heavy (non-hydrogen) atoms. The van der Waals surface area contributed by atoms with Crippen molar-refractivity contribution in [3.05, 3.63) is 29.3 Å². The van der Waals surface area contributed by atoms with E-state index in [4.69, 9.17) is 17.3 Å². The summed E-state index contributed by atoms with van der Waals surface area (Å²) in [6, 6.07) is 7.92. The fourth-order valence-electron chi connectivity index (χ4n) is 3.72. The maximum absolute atomic E-state index is 6.18. The van der Waals surface area contributed by atoms with Gasteiger partial charge in [-0.3, -0.25) is 4.99 Å². The largest absolute Gasteiger partial charge is 0.369 e. The Morgan fingerprint density at radius 1 is 1.30 bits per heavy atom. The minimum Gasteiger partial charge on any atom is -0.369 e. The highest BCUT2D eigenvalue weighted by atomic mass is 35.5. The van der Waals surface area contributed by atoms with Gasteiger partial charge in [-0.2, -0.15) is 0 Å². The van der Waals surface area contributed by atoms with E-state index in [1.807, 2.05) is 18.2 Å². The average Bonchev–Trinajstić information content (AvgIpc) is 2.77. The molecular weight excluding hydrogens is 270 g/mol. The summed E-state index contributed by atoms with van der Waals surface area (Å²) >= 11 is 6.14. The van der Waals surface area contributed by atoms with Crippen molar-refractivity contribution in [3.63, 3.8) is 0 Å². The molecule has 3 rings (SSSR count). The summed E-state index contributed by atoms with van der Waals surface area (Å²) in [7, 11) is 0. The SMILES string of the molecule is CC1(C2CCCCC2)CN=C(N)N1c1cccc(Cl)c1. The fraction of sp³-hybridized carbons (Fsp3) is 0.562. The second-order valence-electron chi connectivity index (χ2n) is 6.18. The number of hydrogen-bond acceptors (Lipinski definition) is 3. The molecule has 1 saturated carbocycles. The Morgan fingerprint density at radius 2 is 2.05 bits per heavy atom. The van der Waals surface area contributed by atoms with Gasteiger partial charge in [0, 0.05) is 10.7 Å². The summed E-state index contributed by atoms with van der Waals surface area (Å²) in [6.45, 7) is 3.09. The molecular formula is C16H22ClN3. The quantitative estimate of drug-likeness (QED) is 0.900. The summed E-state index contributed by atoms with van der Waals surface area (Å²) in [5.74, 6) is 1.28. The van der Waals surface area contributed by atoms with Crippen LogP contribution in [0.5, 0.6) is 0 Å². The molecule has 0 bridgehead atoms. The minimum atomic E-state index is -0.00478. The first-order valence-electron chi connectivity index (χ1n) is 7.47. The molecule has 108 valence electrons. The van der Waals surface area contributed by atoms with E-state index in [1.54, 1.807) is 0 Å². The van der Waals surface area contributed by atoms with Gasteiger partial charge in [-0.25, -0.2) is 0 Å². The van der Waals surface area contributed by atoms with E-state index in [0.717, 1.165) is 17.3 Å². The van der Waals surface area contributed by atoms with Crippen molar-refractivity contribution in [1.29, 1.82) is 0 Å². The molecule has 1 unspecified atom stereocenters. The molecule has 1 aliphatic carbocycles. The van der Waals surface area contributed by atoms with Gasteiger partial charge < -0.3 is 10.6 Å². The normalized spacial score (nSPS) is 27.7. The molecule has 0 aromatic heterocycles. The van der Waals surface area contributed by atoms with Gasteiger partial charge in [-0.15, -0.1) is 0 Å². The van der Waals surface area contributed by atoms with E-state index in [2.05, 4.69) is 22.9 Å². The average molecular weight is 292 g/mol. The second kappa shape index (κ2) is 5.28. The van der Waals surface area contributed by atoms with Crippen molar-refractivity contribution in [2.24, 2.45) is 16.6 Å². The summed E-state index contributed by atoms with van der Waals surface area (Å²) in [5.41, 5.74) is 7.23. The number of nitrogens with zero attached hydrogens (tertiary/aromatic N) is 2. The van der Waals surface area contributed by atoms with Crippen molar-refractivity contribution in [2.45, 2.75) is 44.6 Å². The van der Waals surface area contributed by atoms with Gasteiger partial charge >= 0.3 is 0 Å². The first-order chi connectivity index (χ1) is 9.61. The van der Waals surface area contributed by atoms with Crippen molar-refractivity contribution in [2.75, 3.05) is 11.4 Å². The predicted octanol–water partition coefficient (Wildman–Crippen LogP) is 3.81. The highest BCUT2D eigenvalue weighted by Crippen LogP contribution is 2.41. The first-order valence-corrected chi connectivity index (χ1v) is 7.85. The zero-order chi connectivity index (χ0) is 14.2. The van der Waals surface area contributed by atoms with E-state index in [9.17, 15) is 0 Å². The number of halogens is 1. The highest BCUT2D eigenvalue weighted by Gasteiger charge is 2.45. The molecule has 4 heteroatoms. The van der Waals surface area contributed by atoms with Crippen LogP contribution < -0.4 is 10.6 Å². The molecule has 0 spiro atoms. The van der Waals surface area contributed by atoms with Crippen LogP contribution in [0.1, 0.15) is 39.0 Å². The zero-order valence-corrected chi connectivity index (χ0v) is 12.7. The Hall–Kier alpha value is -1.22. The van der Waals surface area contributed by atoms with Crippen LogP contribution in [-0.4, -0.2) is 18.0 Å². The molecule has 0 radical (unpaired) electrons. The van der Waals surface area contributed by atoms with Crippen LogP contribution >= 0.6 is 11.6 Å². The summed E-state index contributed by atoms with van der Waals surface area (Å²) in [5, 5.41) is 0.744. The second-order valence-corrected chi connectivity index (χ2v) is 6.62. The lowest BCUT2D eigenvalue weighted by Gasteiger charge is -2.44. The van der Waals surface area contributed by atoms with Crippen molar-refractivity contribution >= 4 is 23.2 Å². The molecule has 1 aromatic carbocycles. The number of aliphatic imine (C=N–C) groups is 1. The van der Waals surface area contributed by atoms with Crippen LogP contribution in [0.25, 0.3) is 0 Å². The molecule has 2 N–H and O–H groups in total. The lowest BCUT2D eigenvalue weighted by molar-refractivity contribution is 0.238. The van der Waals surface area contributed by atoms with Crippen molar-refractivity contribution in [1.82, 2.24) is 0 Å². The van der Waals surface area contributed by atoms with Crippen LogP contribution in [-0.2, 0) is 0 Å². The Morgan fingerprint density at radius 3 is 2.75 bits per heavy atom. The Labute approximate surface area is 125 Å². The Balaban J connectivity index is 1.95. The number of guanidine groups is 1. The van der Waals surface area contributed by atoms with E-state index in [-0.39, 0.29) is 5.54 Å². The molecule has 0 saturated heterocycles. The van der Waals surface area contributed by atoms with E-state index in [1.165, 1.54) is 32.1 Å². The number of anilines is 1. The number of nitrogens with two attached hydrogens (primary N) is 1. The first kappa shape index (κ1) is 13.7. The predicted molar refractivity (Wildman–Crippen MR) is 85.4 cm³/mol. The monoisotopic (exact) mass is 291 g/mol.